The van der Waals surface area contributed by atoms with E-state index >= 15 is 0 Å². The summed E-state index contributed by atoms with van der Waals surface area (Å²) < 4.78 is 4.95. The standard InChI is InChI=1S/C14H11N3O2S/c15-13-11(12(17-19-13)10-7-4-8-20-10)14(18)16-9-5-2-1-3-6-9/h1-8H,15H2,(H,16,18). The van der Waals surface area contributed by atoms with Crippen LogP contribution in [0, 0.1) is 0 Å². The van der Waals surface area contributed by atoms with Gasteiger partial charge in [-0.1, -0.05) is 29.4 Å². The van der Waals surface area contributed by atoms with Gasteiger partial charge in [0.1, 0.15) is 11.3 Å². The minimum Gasteiger partial charge on any atom is -0.367 e. The molecule has 100 valence electrons. The quantitative estimate of drug-likeness (QED) is 0.774. The lowest BCUT2D eigenvalue weighted by Crippen LogP contribution is -2.13. The molecule has 5 nitrogen and oxygen atoms in total. The highest BCUT2D eigenvalue weighted by Gasteiger charge is 2.23. The van der Waals surface area contributed by atoms with Gasteiger partial charge in [0, 0.05) is 5.69 Å². The number of hydrogen-bond donors (Lipinski definition) is 2. The summed E-state index contributed by atoms with van der Waals surface area (Å²) in [5, 5.41) is 8.55. The molecular weight excluding hydrogens is 274 g/mol. The molecule has 3 rings (SSSR count). The second-order valence-electron chi connectivity index (χ2n) is 4.07. The average Bonchev–Trinajstić information content (AvgIpc) is 3.08. The van der Waals surface area contributed by atoms with Crippen molar-refractivity contribution in [1.82, 2.24) is 5.16 Å². The Kier molecular flexibility index (Phi) is 3.22. The summed E-state index contributed by atoms with van der Waals surface area (Å²) in [4.78, 5) is 13.2. The predicted molar refractivity (Wildman–Crippen MR) is 78.6 cm³/mol. The Labute approximate surface area is 119 Å². The van der Waals surface area contributed by atoms with Gasteiger partial charge < -0.3 is 15.6 Å². The molecule has 2 aromatic heterocycles. The molecule has 0 bridgehead atoms. The van der Waals surface area contributed by atoms with Gasteiger partial charge in [-0.2, -0.15) is 0 Å². The molecule has 0 aliphatic heterocycles. The summed E-state index contributed by atoms with van der Waals surface area (Å²) in [5.41, 5.74) is 7.13. The second-order valence-corrected chi connectivity index (χ2v) is 5.02. The van der Waals surface area contributed by atoms with Gasteiger partial charge in [-0.15, -0.1) is 11.3 Å². The molecule has 0 fully saturated rings. The van der Waals surface area contributed by atoms with Crippen LogP contribution in [0.2, 0.25) is 0 Å². The number of carbonyl (C=O) groups excluding carboxylic acids is 1. The number of nitrogens with one attached hydrogen (secondary N) is 1. The number of rotatable bonds is 3. The van der Waals surface area contributed by atoms with Crippen molar-refractivity contribution in [3.8, 4) is 10.6 Å². The highest BCUT2D eigenvalue weighted by atomic mass is 32.1. The average molecular weight is 285 g/mol. The molecule has 0 atom stereocenters. The van der Waals surface area contributed by atoms with Crippen LogP contribution in [-0.2, 0) is 0 Å². The van der Waals surface area contributed by atoms with Gasteiger partial charge in [0.2, 0.25) is 5.88 Å². The number of thiophene rings is 1. The maximum absolute atomic E-state index is 12.3. The van der Waals surface area contributed by atoms with Gasteiger partial charge in [-0.05, 0) is 23.6 Å². The van der Waals surface area contributed by atoms with E-state index in [9.17, 15) is 4.79 Å². The van der Waals surface area contributed by atoms with Crippen LogP contribution < -0.4 is 11.1 Å². The van der Waals surface area contributed by atoms with Crippen LogP contribution in [-0.4, -0.2) is 11.1 Å². The van der Waals surface area contributed by atoms with Crippen molar-refractivity contribution in [3.05, 3.63) is 53.4 Å². The fraction of sp³-hybridized carbons (Fsp3) is 0. The summed E-state index contributed by atoms with van der Waals surface area (Å²) in [5.74, 6) is -0.319. The number of anilines is 2. The van der Waals surface area contributed by atoms with Gasteiger partial charge >= 0.3 is 0 Å². The second kappa shape index (κ2) is 5.18. The van der Waals surface area contributed by atoms with Crippen LogP contribution in [0.1, 0.15) is 10.4 Å². The van der Waals surface area contributed by atoms with E-state index in [0.717, 1.165) is 4.88 Å². The van der Waals surface area contributed by atoms with Crippen molar-refractivity contribution in [1.29, 1.82) is 0 Å². The van der Waals surface area contributed by atoms with Crippen molar-refractivity contribution >= 4 is 28.8 Å². The Morgan fingerprint density at radius 2 is 2.00 bits per heavy atom. The van der Waals surface area contributed by atoms with Gasteiger partial charge in [0.15, 0.2) is 0 Å². The van der Waals surface area contributed by atoms with Crippen molar-refractivity contribution in [2.45, 2.75) is 0 Å². The zero-order chi connectivity index (χ0) is 13.9. The van der Waals surface area contributed by atoms with Crippen molar-refractivity contribution < 1.29 is 9.32 Å². The van der Waals surface area contributed by atoms with Crippen LogP contribution in [0.5, 0.6) is 0 Å². The molecular formula is C14H11N3O2S. The lowest BCUT2D eigenvalue weighted by Gasteiger charge is -2.04. The number of nitrogens with zero attached hydrogens (tertiary/aromatic N) is 1. The summed E-state index contributed by atoms with van der Waals surface area (Å²) in [7, 11) is 0. The topological polar surface area (TPSA) is 81.2 Å². The molecule has 1 aromatic carbocycles. The minimum atomic E-state index is -0.335. The van der Waals surface area contributed by atoms with Crippen molar-refractivity contribution in [2.75, 3.05) is 11.1 Å². The molecule has 0 radical (unpaired) electrons. The van der Waals surface area contributed by atoms with E-state index in [-0.39, 0.29) is 17.4 Å². The first-order chi connectivity index (χ1) is 9.75. The zero-order valence-electron chi connectivity index (χ0n) is 10.4. The first kappa shape index (κ1) is 12.4. The highest BCUT2D eigenvalue weighted by molar-refractivity contribution is 7.13. The normalized spacial score (nSPS) is 10.4. The third-order valence-electron chi connectivity index (χ3n) is 2.73. The number of para-hydroxylation sites is 1. The SMILES string of the molecule is Nc1onc(-c2cccs2)c1C(=O)Nc1ccccc1. The van der Waals surface area contributed by atoms with E-state index < -0.39 is 0 Å². The molecule has 6 heteroatoms. The maximum Gasteiger partial charge on any atom is 0.263 e. The van der Waals surface area contributed by atoms with Crippen LogP contribution >= 0.6 is 11.3 Å². The van der Waals surface area contributed by atoms with Crippen molar-refractivity contribution in [3.63, 3.8) is 0 Å². The summed E-state index contributed by atoms with van der Waals surface area (Å²) >= 11 is 1.47. The first-order valence-corrected chi connectivity index (χ1v) is 6.79. The van der Waals surface area contributed by atoms with Crippen molar-refractivity contribution in [2.24, 2.45) is 0 Å². The van der Waals surface area contributed by atoms with Gasteiger partial charge in [0.25, 0.3) is 5.91 Å². The van der Waals surface area contributed by atoms with E-state index in [1.54, 1.807) is 12.1 Å². The molecule has 1 amide bonds. The number of carbonyl (C=O) groups is 1. The summed E-state index contributed by atoms with van der Waals surface area (Å²) in [6.45, 7) is 0. The molecule has 0 aliphatic carbocycles. The van der Waals surface area contributed by atoms with Crippen LogP contribution in [0.25, 0.3) is 10.6 Å². The van der Waals surface area contributed by atoms with E-state index in [4.69, 9.17) is 10.3 Å². The smallest absolute Gasteiger partial charge is 0.263 e. The predicted octanol–water partition coefficient (Wildman–Crippen LogP) is 3.24. The number of hydrogen-bond acceptors (Lipinski definition) is 5. The van der Waals surface area contributed by atoms with Crippen LogP contribution in [0.4, 0.5) is 11.6 Å². The molecule has 3 aromatic rings. The molecule has 0 aliphatic rings. The van der Waals surface area contributed by atoms with Gasteiger partial charge in [-0.3, -0.25) is 4.79 Å². The first-order valence-electron chi connectivity index (χ1n) is 5.91. The number of benzene rings is 1. The van der Waals surface area contributed by atoms with Gasteiger partial charge in [0.05, 0.1) is 4.88 Å². The number of nitrogen functional groups attached to an aromatic ring is 1. The van der Waals surface area contributed by atoms with Crippen LogP contribution in [0.15, 0.2) is 52.4 Å². The van der Waals surface area contributed by atoms with E-state index in [0.29, 0.717) is 11.4 Å². The zero-order valence-corrected chi connectivity index (χ0v) is 11.2. The molecule has 0 saturated carbocycles. The largest absolute Gasteiger partial charge is 0.367 e. The molecule has 2 heterocycles. The fourth-order valence-electron chi connectivity index (χ4n) is 1.82. The third kappa shape index (κ3) is 2.28. The highest BCUT2D eigenvalue weighted by Crippen LogP contribution is 2.30. The maximum atomic E-state index is 12.3. The molecule has 0 saturated heterocycles. The molecule has 20 heavy (non-hydrogen) atoms. The van der Waals surface area contributed by atoms with E-state index in [1.807, 2.05) is 35.7 Å². The van der Waals surface area contributed by atoms with E-state index in [1.165, 1.54) is 11.3 Å². The number of amides is 1. The summed E-state index contributed by atoms with van der Waals surface area (Å²) in [6.07, 6.45) is 0. The van der Waals surface area contributed by atoms with E-state index in [2.05, 4.69) is 10.5 Å². The Morgan fingerprint density at radius 1 is 1.20 bits per heavy atom. The van der Waals surface area contributed by atoms with Crippen LogP contribution in [0.3, 0.4) is 0 Å². The monoisotopic (exact) mass is 285 g/mol. The minimum absolute atomic E-state index is 0.0156. The number of aromatic nitrogens is 1. The Balaban J connectivity index is 1.94. The lowest BCUT2D eigenvalue weighted by molar-refractivity contribution is 0.102. The molecule has 0 unspecified atom stereocenters. The van der Waals surface area contributed by atoms with Gasteiger partial charge in [-0.25, -0.2) is 0 Å². The third-order valence-corrected chi connectivity index (χ3v) is 3.61. The Bertz CT molecular complexity index is 720. The lowest BCUT2D eigenvalue weighted by atomic mass is 10.2. The fourth-order valence-corrected chi connectivity index (χ4v) is 2.53. The molecule has 3 N–H and O–H groups in total. The molecule has 0 spiro atoms. The Hall–Kier alpha value is -2.60. The number of nitrogens with two attached hydrogens (primary N) is 1. The Morgan fingerprint density at radius 3 is 2.70 bits per heavy atom. The summed E-state index contributed by atoms with van der Waals surface area (Å²) in [6, 6.07) is 12.9.